The minimum Gasteiger partial charge on any atom is -0.508 e. The van der Waals surface area contributed by atoms with E-state index in [1.807, 2.05) is 42.5 Å². The third kappa shape index (κ3) is 3.68. The normalized spacial score (nSPS) is 24.2. The molecule has 1 amide bonds. The topological polar surface area (TPSA) is 53.0 Å². The summed E-state index contributed by atoms with van der Waals surface area (Å²) in [6, 6.07) is 16.5. The van der Waals surface area contributed by atoms with Crippen molar-refractivity contribution in [3.8, 4) is 5.75 Å². The lowest BCUT2D eigenvalue weighted by Crippen LogP contribution is -2.53. The number of aromatic hydroxyl groups is 1. The van der Waals surface area contributed by atoms with Crippen molar-refractivity contribution in [2.24, 2.45) is 5.92 Å². The number of hydrogen-bond acceptors (Lipinski definition) is 4. The molecule has 0 aromatic heterocycles. The lowest BCUT2D eigenvalue weighted by Gasteiger charge is -2.44. The molecule has 136 valence electrons. The Labute approximate surface area is 153 Å². The molecule has 5 nitrogen and oxygen atoms in total. The predicted molar refractivity (Wildman–Crippen MR) is 100 cm³/mol. The van der Waals surface area contributed by atoms with E-state index in [2.05, 4.69) is 4.90 Å². The highest BCUT2D eigenvalue weighted by molar-refractivity contribution is 5.87. The van der Waals surface area contributed by atoms with E-state index in [9.17, 15) is 9.90 Å². The first kappa shape index (κ1) is 16.9. The van der Waals surface area contributed by atoms with E-state index in [0.717, 1.165) is 43.7 Å². The molecule has 3 aliphatic rings. The minimum atomic E-state index is -0.303. The van der Waals surface area contributed by atoms with Gasteiger partial charge in [-0.15, -0.1) is 0 Å². The fraction of sp³-hybridized carbons (Fsp3) is 0.381. The van der Waals surface area contributed by atoms with E-state index in [1.165, 1.54) is 0 Å². The molecule has 0 radical (unpaired) electrons. The van der Waals surface area contributed by atoms with Gasteiger partial charge in [0.15, 0.2) is 0 Å². The van der Waals surface area contributed by atoms with Crippen molar-refractivity contribution in [2.45, 2.75) is 25.5 Å². The Bertz CT molecular complexity index is 740. The number of phenolic OH excluding ortho intramolecular Hbond substituents is 1. The first-order chi connectivity index (χ1) is 12.7. The average molecular weight is 352 g/mol. The number of carbonyl (C=O) groups excluding carboxylic acids is 1. The van der Waals surface area contributed by atoms with Gasteiger partial charge < -0.3 is 9.84 Å². The lowest BCUT2D eigenvalue weighted by molar-refractivity contribution is -0.0311. The Kier molecular flexibility index (Phi) is 4.80. The Balaban J connectivity index is 1.52. The van der Waals surface area contributed by atoms with Crippen LogP contribution in [0.5, 0.6) is 5.75 Å². The van der Waals surface area contributed by atoms with Crippen LogP contribution >= 0.6 is 0 Å². The Morgan fingerprint density at radius 1 is 1.08 bits per heavy atom. The number of phenols is 1. The van der Waals surface area contributed by atoms with Crippen molar-refractivity contribution >= 4 is 11.8 Å². The summed E-state index contributed by atoms with van der Waals surface area (Å²) in [5, 5.41) is 9.48. The second-order valence-corrected chi connectivity index (χ2v) is 7.15. The van der Waals surface area contributed by atoms with Gasteiger partial charge in [-0.2, -0.15) is 0 Å². The summed E-state index contributed by atoms with van der Waals surface area (Å²) in [5.41, 5.74) is 1.75. The van der Waals surface area contributed by atoms with E-state index in [-0.39, 0.29) is 17.9 Å². The van der Waals surface area contributed by atoms with Crippen molar-refractivity contribution in [1.82, 2.24) is 4.90 Å². The number of fused-ring (bicyclic) bond motifs is 3. The summed E-state index contributed by atoms with van der Waals surface area (Å²) >= 11 is 0. The summed E-state index contributed by atoms with van der Waals surface area (Å²) in [4.78, 5) is 17.0. The molecule has 1 N–H and O–H groups in total. The maximum Gasteiger partial charge on any atom is 0.414 e. The molecule has 0 aliphatic carbocycles. The number of benzene rings is 2. The molecule has 3 aliphatic heterocycles. The van der Waals surface area contributed by atoms with Gasteiger partial charge in [0, 0.05) is 12.2 Å². The molecule has 5 rings (SSSR count). The molecule has 5 heteroatoms. The molecule has 3 fully saturated rings. The number of ether oxygens (including phenoxy) is 1. The number of carbonyl (C=O) groups is 1. The number of piperidine rings is 3. The summed E-state index contributed by atoms with van der Waals surface area (Å²) in [7, 11) is 0. The lowest BCUT2D eigenvalue weighted by atomic mass is 9.86. The maximum atomic E-state index is 13.0. The van der Waals surface area contributed by atoms with Crippen LogP contribution in [0.4, 0.5) is 10.5 Å². The van der Waals surface area contributed by atoms with E-state index in [4.69, 9.17) is 4.74 Å². The number of amides is 1. The molecule has 2 aromatic carbocycles. The Morgan fingerprint density at radius 3 is 2.38 bits per heavy atom. The van der Waals surface area contributed by atoms with Gasteiger partial charge in [0.2, 0.25) is 0 Å². The number of rotatable bonds is 4. The van der Waals surface area contributed by atoms with Crippen molar-refractivity contribution in [3.63, 3.8) is 0 Å². The Hall–Kier alpha value is -2.53. The highest BCUT2D eigenvalue weighted by atomic mass is 16.6. The van der Waals surface area contributed by atoms with Crippen LogP contribution in [0, 0.1) is 5.92 Å². The standard InChI is InChI=1S/C21H24N2O3/c24-19-8-6-16(7-9-19)14-23(18-4-2-1-3-5-18)21(25)26-20-15-22-12-10-17(20)11-13-22/h1-9,17,20,24H,10-15H2/t20-/m0/s1. The van der Waals surface area contributed by atoms with Crippen molar-refractivity contribution in [1.29, 1.82) is 0 Å². The third-order valence-electron chi connectivity index (χ3n) is 5.41. The van der Waals surface area contributed by atoms with Gasteiger partial charge in [0.1, 0.15) is 11.9 Å². The van der Waals surface area contributed by atoms with Gasteiger partial charge in [-0.1, -0.05) is 30.3 Å². The second kappa shape index (κ2) is 7.38. The fourth-order valence-corrected chi connectivity index (χ4v) is 3.89. The zero-order chi connectivity index (χ0) is 17.9. The quantitative estimate of drug-likeness (QED) is 0.913. The van der Waals surface area contributed by atoms with Crippen LogP contribution in [-0.4, -0.2) is 41.8 Å². The highest BCUT2D eigenvalue weighted by Crippen LogP contribution is 2.30. The largest absolute Gasteiger partial charge is 0.508 e. The molecule has 2 bridgehead atoms. The van der Waals surface area contributed by atoms with Crippen molar-refractivity contribution < 1.29 is 14.6 Å². The van der Waals surface area contributed by atoms with Gasteiger partial charge in [0.05, 0.1) is 6.54 Å². The van der Waals surface area contributed by atoms with Crippen LogP contribution < -0.4 is 4.90 Å². The summed E-state index contributed by atoms with van der Waals surface area (Å²) < 4.78 is 5.93. The predicted octanol–water partition coefficient (Wildman–Crippen LogP) is 3.63. The van der Waals surface area contributed by atoms with Crippen LogP contribution in [0.2, 0.25) is 0 Å². The number of para-hydroxylation sites is 1. The molecule has 0 saturated carbocycles. The van der Waals surface area contributed by atoms with E-state index < -0.39 is 0 Å². The maximum absolute atomic E-state index is 13.0. The van der Waals surface area contributed by atoms with Gasteiger partial charge in [-0.25, -0.2) is 4.79 Å². The molecule has 0 unspecified atom stereocenters. The minimum absolute atomic E-state index is 0.0176. The van der Waals surface area contributed by atoms with Crippen LogP contribution in [-0.2, 0) is 11.3 Å². The van der Waals surface area contributed by atoms with Crippen molar-refractivity contribution in [3.05, 3.63) is 60.2 Å². The van der Waals surface area contributed by atoms with Gasteiger partial charge in [0.25, 0.3) is 0 Å². The molecule has 0 spiro atoms. The zero-order valence-corrected chi connectivity index (χ0v) is 14.8. The molecular formula is C21H24N2O3. The van der Waals surface area contributed by atoms with Crippen LogP contribution in [0.25, 0.3) is 0 Å². The first-order valence-electron chi connectivity index (χ1n) is 9.22. The first-order valence-corrected chi connectivity index (χ1v) is 9.22. The van der Waals surface area contributed by atoms with Gasteiger partial charge >= 0.3 is 6.09 Å². The molecule has 3 saturated heterocycles. The highest BCUT2D eigenvalue weighted by Gasteiger charge is 2.37. The van der Waals surface area contributed by atoms with Crippen molar-refractivity contribution in [2.75, 3.05) is 24.5 Å². The second-order valence-electron chi connectivity index (χ2n) is 7.15. The third-order valence-corrected chi connectivity index (χ3v) is 5.41. The summed E-state index contributed by atoms with van der Waals surface area (Å²) in [6.07, 6.45) is 1.90. The number of anilines is 1. The molecule has 26 heavy (non-hydrogen) atoms. The SMILES string of the molecule is O=C(O[C@H]1CN2CCC1CC2)N(Cc1ccc(O)cc1)c1ccccc1. The number of hydrogen-bond donors (Lipinski definition) is 1. The fourth-order valence-electron chi connectivity index (χ4n) is 3.89. The molecular weight excluding hydrogens is 328 g/mol. The van der Waals surface area contributed by atoms with E-state index in [1.54, 1.807) is 17.0 Å². The summed E-state index contributed by atoms with van der Waals surface area (Å²) in [5.74, 6) is 0.699. The Morgan fingerprint density at radius 2 is 1.77 bits per heavy atom. The molecule has 2 aromatic rings. The zero-order valence-electron chi connectivity index (χ0n) is 14.8. The van der Waals surface area contributed by atoms with Crippen LogP contribution in [0.15, 0.2) is 54.6 Å². The van der Waals surface area contributed by atoms with E-state index in [0.29, 0.717) is 12.5 Å². The average Bonchev–Trinajstić information content (AvgIpc) is 2.69. The smallest absolute Gasteiger partial charge is 0.414 e. The number of nitrogens with zero attached hydrogens (tertiary/aromatic N) is 2. The molecule has 1 atom stereocenters. The van der Waals surface area contributed by atoms with Crippen LogP contribution in [0.1, 0.15) is 18.4 Å². The van der Waals surface area contributed by atoms with Gasteiger partial charge in [-0.05, 0) is 61.7 Å². The molecule has 3 heterocycles. The van der Waals surface area contributed by atoms with E-state index >= 15 is 0 Å². The summed E-state index contributed by atoms with van der Waals surface area (Å²) in [6.45, 7) is 3.49. The van der Waals surface area contributed by atoms with Gasteiger partial charge in [-0.3, -0.25) is 9.80 Å². The monoisotopic (exact) mass is 352 g/mol. The van der Waals surface area contributed by atoms with Crippen LogP contribution in [0.3, 0.4) is 0 Å².